The maximum absolute atomic E-state index is 13.0. The Balaban J connectivity index is 1.40. The minimum atomic E-state index is -0.532. The molecule has 0 bridgehead atoms. The number of carbonyl (C=O) groups is 2. The van der Waals surface area contributed by atoms with Crippen molar-refractivity contribution in [2.75, 3.05) is 33.0 Å². The van der Waals surface area contributed by atoms with Gasteiger partial charge in [0.25, 0.3) is 5.91 Å². The molecule has 2 fully saturated rings. The Labute approximate surface area is 187 Å². The molecular formula is C24H30N2O6. The van der Waals surface area contributed by atoms with Crippen molar-refractivity contribution in [3.8, 4) is 11.1 Å². The number of nitrogens with one attached hydrogen (secondary N) is 2. The van der Waals surface area contributed by atoms with Gasteiger partial charge in [-0.2, -0.15) is 0 Å². The Morgan fingerprint density at radius 2 is 1.75 bits per heavy atom. The van der Waals surface area contributed by atoms with E-state index in [-0.39, 0.29) is 35.6 Å². The van der Waals surface area contributed by atoms with Crippen molar-refractivity contribution in [3.63, 3.8) is 0 Å². The second kappa shape index (κ2) is 10.8. The monoisotopic (exact) mass is 442 g/mol. The maximum atomic E-state index is 13.0. The van der Waals surface area contributed by atoms with E-state index in [4.69, 9.17) is 18.6 Å². The van der Waals surface area contributed by atoms with Gasteiger partial charge in [0.15, 0.2) is 5.76 Å². The van der Waals surface area contributed by atoms with Crippen molar-refractivity contribution in [2.24, 2.45) is 5.92 Å². The van der Waals surface area contributed by atoms with Gasteiger partial charge in [-0.15, -0.1) is 0 Å². The number of benzene rings is 1. The number of amides is 2. The maximum Gasteiger partial charge on any atom is 0.288 e. The average molecular weight is 443 g/mol. The van der Waals surface area contributed by atoms with Crippen LogP contribution in [-0.4, -0.2) is 63.0 Å². The Hall–Kier alpha value is -2.68. The van der Waals surface area contributed by atoms with Crippen molar-refractivity contribution in [1.82, 2.24) is 10.6 Å². The summed E-state index contributed by atoms with van der Waals surface area (Å²) in [5.74, 6) is -0.149. The number of ether oxygens (including phenoxy) is 3. The molecule has 1 aromatic carbocycles. The van der Waals surface area contributed by atoms with Gasteiger partial charge in [0.05, 0.1) is 31.6 Å². The molecule has 2 N–H and O–H groups in total. The third-order valence-electron chi connectivity index (χ3n) is 5.98. The van der Waals surface area contributed by atoms with E-state index >= 15 is 0 Å². The summed E-state index contributed by atoms with van der Waals surface area (Å²) in [6, 6.07) is 10.7. The lowest BCUT2D eigenvalue weighted by molar-refractivity contribution is -0.139. The van der Waals surface area contributed by atoms with Crippen molar-refractivity contribution >= 4 is 11.8 Å². The molecule has 2 saturated heterocycles. The van der Waals surface area contributed by atoms with Crippen LogP contribution >= 0.6 is 0 Å². The van der Waals surface area contributed by atoms with Crippen LogP contribution in [0.4, 0.5) is 0 Å². The molecule has 3 heterocycles. The lowest BCUT2D eigenvalue weighted by atomic mass is 9.93. The number of hydrogen-bond donors (Lipinski definition) is 2. The van der Waals surface area contributed by atoms with Gasteiger partial charge in [-0.1, -0.05) is 30.3 Å². The summed E-state index contributed by atoms with van der Waals surface area (Å²) in [7, 11) is 0. The molecule has 3 atom stereocenters. The molecule has 0 radical (unpaired) electrons. The molecule has 0 aliphatic carbocycles. The molecule has 32 heavy (non-hydrogen) atoms. The molecule has 4 rings (SSSR count). The van der Waals surface area contributed by atoms with Gasteiger partial charge < -0.3 is 29.3 Å². The van der Waals surface area contributed by atoms with Crippen LogP contribution in [0.5, 0.6) is 0 Å². The fraction of sp³-hybridized carbons (Fsp3) is 0.500. The normalized spacial score (nSPS) is 22.4. The number of furan rings is 1. The summed E-state index contributed by atoms with van der Waals surface area (Å²) in [6.45, 7) is 4.26. The standard InChI is InChI=1S/C24H30N2O6/c1-2-31-21(17-8-11-29-12-9-17)23(27)25-19-14-30-15-20(19)26-24(28)22-18(10-13-32-22)16-6-4-3-5-7-16/h3-7,10,13,17,19-21H,2,8-9,11-12,14-15H2,1H3,(H,25,27)(H,26,28)/t19-,20+,21?/m1/s1. The number of hydrogen-bond acceptors (Lipinski definition) is 6. The minimum absolute atomic E-state index is 0.121. The Morgan fingerprint density at radius 1 is 1.03 bits per heavy atom. The summed E-state index contributed by atoms with van der Waals surface area (Å²) in [4.78, 5) is 26.0. The fourth-order valence-corrected chi connectivity index (χ4v) is 4.29. The van der Waals surface area contributed by atoms with E-state index in [0.29, 0.717) is 33.0 Å². The lowest BCUT2D eigenvalue weighted by Gasteiger charge is -2.30. The predicted octanol–water partition coefficient (Wildman–Crippen LogP) is 2.39. The van der Waals surface area contributed by atoms with Gasteiger partial charge in [-0.25, -0.2) is 0 Å². The van der Waals surface area contributed by atoms with E-state index in [9.17, 15) is 9.59 Å². The summed E-state index contributed by atoms with van der Waals surface area (Å²) in [5, 5.41) is 6.00. The zero-order chi connectivity index (χ0) is 22.3. The highest BCUT2D eigenvalue weighted by molar-refractivity contribution is 5.98. The molecule has 172 valence electrons. The van der Waals surface area contributed by atoms with Crippen molar-refractivity contribution in [2.45, 2.75) is 38.0 Å². The summed E-state index contributed by atoms with van der Waals surface area (Å²) in [6.07, 6.45) is 2.55. The van der Waals surface area contributed by atoms with Crippen LogP contribution in [0.15, 0.2) is 47.1 Å². The first-order valence-corrected chi connectivity index (χ1v) is 11.2. The van der Waals surface area contributed by atoms with Crippen LogP contribution in [-0.2, 0) is 19.0 Å². The first-order valence-electron chi connectivity index (χ1n) is 11.2. The lowest BCUT2D eigenvalue weighted by Crippen LogP contribution is -2.54. The average Bonchev–Trinajstić information content (AvgIpc) is 3.48. The first-order chi connectivity index (χ1) is 15.7. The molecule has 8 heteroatoms. The Morgan fingerprint density at radius 3 is 2.47 bits per heavy atom. The van der Waals surface area contributed by atoms with Gasteiger partial charge in [0.1, 0.15) is 6.10 Å². The molecule has 0 saturated carbocycles. The SMILES string of the molecule is CCOC(C(=O)N[C@@H]1COC[C@@H]1NC(=O)c1occc1-c1ccccc1)C1CCOCC1. The third kappa shape index (κ3) is 5.20. The van der Waals surface area contributed by atoms with Gasteiger partial charge in [-0.05, 0) is 37.3 Å². The van der Waals surface area contributed by atoms with E-state index in [2.05, 4.69) is 10.6 Å². The van der Waals surface area contributed by atoms with Gasteiger partial charge >= 0.3 is 0 Å². The number of rotatable bonds is 8. The molecule has 2 aliphatic rings. The van der Waals surface area contributed by atoms with Crippen LogP contribution in [0, 0.1) is 5.92 Å². The summed E-state index contributed by atoms with van der Waals surface area (Å²) < 4.78 is 22.3. The second-order valence-electron chi connectivity index (χ2n) is 8.09. The fourth-order valence-electron chi connectivity index (χ4n) is 4.29. The Bertz CT molecular complexity index is 893. The van der Waals surface area contributed by atoms with E-state index in [1.807, 2.05) is 37.3 Å². The topological polar surface area (TPSA) is 99.0 Å². The summed E-state index contributed by atoms with van der Waals surface area (Å²) >= 11 is 0. The van der Waals surface area contributed by atoms with Crippen LogP contribution in [0.3, 0.4) is 0 Å². The molecule has 2 aliphatic heterocycles. The van der Waals surface area contributed by atoms with Crippen molar-refractivity contribution < 1.29 is 28.2 Å². The highest BCUT2D eigenvalue weighted by Gasteiger charge is 2.36. The first kappa shape index (κ1) is 22.5. The number of carbonyl (C=O) groups excluding carboxylic acids is 2. The summed E-state index contributed by atoms with van der Waals surface area (Å²) in [5.41, 5.74) is 1.62. The van der Waals surface area contributed by atoms with Gasteiger partial charge in [0, 0.05) is 25.4 Å². The van der Waals surface area contributed by atoms with Gasteiger partial charge in [0.2, 0.25) is 5.91 Å². The van der Waals surface area contributed by atoms with Gasteiger partial charge in [-0.3, -0.25) is 9.59 Å². The Kier molecular flexibility index (Phi) is 7.57. The van der Waals surface area contributed by atoms with Crippen LogP contribution in [0.25, 0.3) is 11.1 Å². The molecule has 1 unspecified atom stereocenters. The van der Waals surface area contributed by atoms with Crippen LogP contribution in [0.2, 0.25) is 0 Å². The van der Waals surface area contributed by atoms with E-state index in [0.717, 1.165) is 24.0 Å². The smallest absolute Gasteiger partial charge is 0.288 e. The quantitative estimate of drug-likeness (QED) is 0.651. The third-order valence-corrected chi connectivity index (χ3v) is 5.98. The molecular weight excluding hydrogens is 412 g/mol. The molecule has 1 aromatic heterocycles. The van der Waals surface area contributed by atoms with E-state index < -0.39 is 6.10 Å². The molecule has 2 aromatic rings. The van der Waals surface area contributed by atoms with Crippen molar-refractivity contribution in [3.05, 3.63) is 48.4 Å². The zero-order valence-corrected chi connectivity index (χ0v) is 18.3. The van der Waals surface area contributed by atoms with Crippen molar-refractivity contribution in [1.29, 1.82) is 0 Å². The van der Waals surface area contributed by atoms with E-state index in [1.165, 1.54) is 6.26 Å². The zero-order valence-electron chi connectivity index (χ0n) is 18.3. The second-order valence-corrected chi connectivity index (χ2v) is 8.09. The van der Waals surface area contributed by atoms with E-state index in [1.54, 1.807) is 6.07 Å². The molecule has 2 amide bonds. The van der Waals surface area contributed by atoms with Crippen LogP contribution in [0.1, 0.15) is 30.3 Å². The molecule has 8 nitrogen and oxygen atoms in total. The molecule has 0 spiro atoms. The highest BCUT2D eigenvalue weighted by Crippen LogP contribution is 2.25. The minimum Gasteiger partial charge on any atom is -0.459 e. The predicted molar refractivity (Wildman–Crippen MR) is 117 cm³/mol. The highest BCUT2D eigenvalue weighted by atomic mass is 16.5. The largest absolute Gasteiger partial charge is 0.459 e. The van der Waals surface area contributed by atoms with Crippen LogP contribution < -0.4 is 10.6 Å².